The fraction of sp³-hybridized carbons (Fsp3) is 0.444. The number of ether oxygens (including phenoxy) is 1. The first-order chi connectivity index (χ1) is 6.27. The summed E-state index contributed by atoms with van der Waals surface area (Å²) in [6, 6.07) is 1.91. The zero-order valence-electron chi connectivity index (χ0n) is 7.80. The van der Waals surface area contributed by atoms with Crippen molar-refractivity contribution in [3.63, 3.8) is 0 Å². The molecule has 0 aliphatic rings. The Labute approximate surface area is 86.6 Å². The Morgan fingerprint density at radius 3 is 2.92 bits per heavy atom. The van der Waals surface area contributed by atoms with Gasteiger partial charge in [-0.05, 0) is 35.8 Å². The lowest BCUT2D eigenvalue weighted by atomic mass is 10.4. The highest BCUT2D eigenvalue weighted by Gasteiger charge is 2.03. The van der Waals surface area contributed by atoms with E-state index >= 15 is 0 Å². The highest BCUT2D eigenvalue weighted by molar-refractivity contribution is 9.10. The second-order valence-electron chi connectivity index (χ2n) is 2.46. The summed E-state index contributed by atoms with van der Waals surface area (Å²) in [5.41, 5.74) is 0. The summed E-state index contributed by atoms with van der Waals surface area (Å²) in [6.45, 7) is 5.47. The standard InChI is InChI=1S/C9H13BrN2O/c1-3-11-9-8(13-4-2)5-7(10)6-12-9/h5-6H,3-4H2,1-2H3,(H,11,12). The summed E-state index contributed by atoms with van der Waals surface area (Å²) in [4.78, 5) is 4.20. The van der Waals surface area contributed by atoms with Gasteiger partial charge in [-0.3, -0.25) is 0 Å². The molecule has 0 bridgehead atoms. The molecule has 13 heavy (non-hydrogen) atoms. The number of nitrogens with one attached hydrogen (secondary N) is 1. The molecule has 0 saturated carbocycles. The van der Waals surface area contributed by atoms with E-state index in [1.54, 1.807) is 6.20 Å². The largest absolute Gasteiger partial charge is 0.490 e. The number of rotatable bonds is 4. The number of hydrogen-bond donors (Lipinski definition) is 1. The maximum atomic E-state index is 5.42. The molecule has 4 heteroatoms. The highest BCUT2D eigenvalue weighted by Crippen LogP contribution is 2.25. The van der Waals surface area contributed by atoms with E-state index in [4.69, 9.17) is 4.74 Å². The van der Waals surface area contributed by atoms with Crippen molar-refractivity contribution < 1.29 is 4.74 Å². The number of halogens is 1. The molecule has 0 spiro atoms. The molecule has 1 aromatic heterocycles. The van der Waals surface area contributed by atoms with Crippen molar-refractivity contribution in [2.45, 2.75) is 13.8 Å². The molecule has 1 N–H and O–H groups in total. The van der Waals surface area contributed by atoms with Crippen molar-refractivity contribution in [1.29, 1.82) is 0 Å². The van der Waals surface area contributed by atoms with E-state index in [0.717, 1.165) is 22.6 Å². The van der Waals surface area contributed by atoms with Crippen molar-refractivity contribution in [2.75, 3.05) is 18.5 Å². The van der Waals surface area contributed by atoms with Crippen molar-refractivity contribution in [3.05, 3.63) is 16.7 Å². The number of aromatic nitrogens is 1. The molecule has 3 nitrogen and oxygen atoms in total. The van der Waals surface area contributed by atoms with Gasteiger partial charge in [-0.25, -0.2) is 4.98 Å². The van der Waals surface area contributed by atoms with Gasteiger partial charge in [0.1, 0.15) is 0 Å². The predicted octanol–water partition coefficient (Wildman–Crippen LogP) is 2.67. The van der Waals surface area contributed by atoms with E-state index in [9.17, 15) is 0 Å². The van der Waals surface area contributed by atoms with Gasteiger partial charge >= 0.3 is 0 Å². The number of pyridine rings is 1. The number of anilines is 1. The second kappa shape index (κ2) is 5.07. The molecule has 0 unspecified atom stereocenters. The van der Waals surface area contributed by atoms with Gasteiger partial charge in [-0.15, -0.1) is 0 Å². The van der Waals surface area contributed by atoms with Crippen LogP contribution in [-0.2, 0) is 0 Å². The van der Waals surface area contributed by atoms with Crippen LogP contribution in [0.1, 0.15) is 13.8 Å². The molecule has 0 radical (unpaired) electrons. The Balaban J connectivity index is 2.89. The topological polar surface area (TPSA) is 34.2 Å². The van der Waals surface area contributed by atoms with Crippen LogP contribution in [0.2, 0.25) is 0 Å². The maximum absolute atomic E-state index is 5.42. The molecule has 1 heterocycles. The van der Waals surface area contributed by atoms with Gasteiger partial charge in [-0.1, -0.05) is 0 Å². The Morgan fingerprint density at radius 1 is 1.54 bits per heavy atom. The van der Waals surface area contributed by atoms with E-state index in [-0.39, 0.29) is 0 Å². The predicted molar refractivity (Wildman–Crippen MR) is 57.3 cm³/mol. The summed E-state index contributed by atoms with van der Waals surface area (Å²) < 4.78 is 6.34. The van der Waals surface area contributed by atoms with Gasteiger partial charge in [0.05, 0.1) is 6.61 Å². The molecule has 1 rings (SSSR count). The fourth-order valence-electron chi connectivity index (χ4n) is 0.986. The Hall–Kier alpha value is -0.770. The van der Waals surface area contributed by atoms with Gasteiger partial charge in [0.25, 0.3) is 0 Å². The molecular formula is C9H13BrN2O. The molecule has 0 aromatic carbocycles. The minimum absolute atomic E-state index is 0.649. The van der Waals surface area contributed by atoms with Crippen molar-refractivity contribution in [1.82, 2.24) is 4.98 Å². The second-order valence-corrected chi connectivity index (χ2v) is 3.38. The van der Waals surface area contributed by atoms with E-state index in [0.29, 0.717) is 6.61 Å². The van der Waals surface area contributed by atoms with E-state index in [1.165, 1.54) is 0 Å². The first-order valence-corrected chi connectivity index (χ1v) is 5.09. The lowest BCUT2D eigenvalue weighted by Crippen LogP contribution is -2.03. The van der Waals surface area contributed by atoms with Gasteiger partial charge in [0, 0.05) is 17.2 Å². The zero-order valence-corrected chi connectivity index (χ0v) is 9.39. The smallest absolute Gasteiger partial charge is 0.168 e. The van der Waals surface area contributed by atoms with Crippen molar-refractivity contribution in [2.24, 2.45) is 0 Å². The van der Waals surface area contributed by atoms with Crippen LogP contribution in [0.3, 0.4) is 0 Å². The summed E-state index contributed by atoms with van der Waals surface area (Å²) in [6.07, 6.45) is 1.75. The van der Waals surface area contributed by atoms with Gasteiger partial charge in [0.2, 0.25) is 0 Å². The summed E-state index contributed by atoms with van der Waals surface area (Å²) in [5.74, 6) is 1.59. The lowest BCUT2D eigenvalue weighted by Gasteiger charge is -2.09. The number of nitrogens with zero attached hydrogens (tertiary/aromatic N) is 1. The molecule has 0 amide bonds. The lowest BCUT2D eigenvalue weighted by molar-refractivity contribution is 0.340. The highest BCUT2D eigenvalue weighted by atomic mass is 79.9. The normalized spacial score (nSPS) is 9.77. The van der Waals surface area contributed by atoms with Gasteiger partial charge < -0.3 is 10.1 Å². The Kier molecular flexibility index (Phi) is 4.02. The third-order valence-electron chi connectivity index (χ3n) is 1.46. The average Bonchev–Trinajstić information content (AvgIpc) is 2.10. The SMILES string of the molecule is CCNc1ncc(Br)cc1OCC. The minimum Gasteiger partial charge on any atom is -0.490 e. The fourth-order valence-corrected chi connectivity index (χ4v) is 1.30. The maximum Gasteiger partial charge on any atom is 0.168 e. The molecule has 72 valence electrons. The molecular weight excluding hydrogens is 232 g/mol. The molecule has 0 aliphatic carbocycles. The van der Waals surface area contributed by atoms with Crippen LogP contribution in [0, 0.1) is 0 Å². The van der Waals surface area contributed by atoms with E-state index in [1.807, 2.05) is 19.9 Å². The molecule has 1 aromatic rings. The van der Waals surface area contributed by atoms with Crippen LogP contribution >= 0.6 is 15.9 Å². The van der Waals surface area contributed by atoms with E-state index in [2.05, 4.69) is 26.2 Å². The average molecular weight is 245 g/mol. The number of hydrogen-bond acceptors (Lipinski definition) is 3. The van der Waals surface area contributed by atoms with Crippen LogP contribution in [-0.4, -0.2) is 18.1 Å². The third kappa shape index (κ3) is 2.88. The van der Waals surface area contributed by atoms with Gasteiger partial charge in [-0.2, -0.15) is 0 Å². The molecule has 0 aliphatic heterocycles. The summed E-state index contributed by atoms with van der Waals surface area (Å²) >= 11 is 3.35. The van der Waals surface area contributed by atoms with Crippen LogP contribution in [0.5, 0.6) is 5.75 Å². The zero-order chi connectivity index (χ0) is 9.68. The van der Waals surface area contributed by atoms with Crippen LogP contribution in [0.4, 0.5) is 5.82 Å². The summed E-state index contributed by atoms with van der Waals surface area (Å²) in [5, 5.41) is 3.13. The quantitative estimate of drug-likeness (QED) is 0.885. The molecule has 0 atom stereocenters. The first-order valence-electron chi connectivity index (χ1n) is 4.30. The minimum atomic E-state index is 0.649. The summed E-state index contributed by atoms with van der Waals surface area (Å²) in [7, 11) is 0. The Morgan fingerprint density at radius 2 is 2.31 bits per heavy atom. The van der Waals surface area contributed by atoms with Crippen LogP contribution in [0.25, 0.3) is 0 Å². The first kappa shape index (κ1) is 10.3. The van der Waals surface area contributed by atoms with Crippen LogP contribution in [0.15, 0.2) is 16.7 Å². The van der Waals surface area contributed by atoms with Crippen molar-refractivity contribution >= 4 is 21.7 Å². The molecule has 0 saturated heterocycles. The Bertz CT molecular complexity index is 278. The molecule has 0 fully saturated rings. The monoisotopic (exact) mass is 244 g/mol. The van der Waals surface area contributed by atoms with Crippen LogP contribution < -0.4 is 10.1 Å². The van der Waals surface area contributed by atoms with Crippen molar-refractivity contribution in [3.8, 4) is 5.75 Å². The van der Waals surface area contributed by atoms with E-state index < -0.39 is 0 Å². The van der Waals surface area contributed by atoms with Gasteiger partial charge in [0.15, 0.2) is 11.6 Å². The third-order valence-corrected chi connectivity index (χ3v) is 1.90.